The molecule has 3 rings (SSSR count). The largest absolute Gasteiger partial charge is 0.358 e. The summed E-state index contributed by atoms with van der Waals surface area (Å²) in [5.74, 6) is 3.30. The molecule has 2 fully saturated rings. The summed E-state index contributed by atoms with van der Waals surface area (Å²) in [6, 6.07) is 2.68. The normalized spacial score (nSPS) is 23.5. The predicted molar refractivity (Wildman–Crippen MR) is 122 cm³/mol. The third kappa shape index (κ3) is 5.69. The predicted octanol–water partition coefficient (Wildman–Crippen LogP) is 4.18. The Morgan fingerprint density at radius 3 is 2.50 bits per heavy atom. The first-order chi connectivity index (χ1) is 13.2. The highest BCUT2D eigenvalue weighted by Gasteiger charge is 2.24. The van der Waals surface area contributed by atoms with Crippen LogP contribution in [-0.4, -0.2) is 46.3 Å². The van der Waals surface area contributed by atoms with Gasteiger partial charge in [0.15, 0.2) is 5.11 Å². The molecule has 6 nitrogen and oxygen atoms in total. The van der Waals surface area contributed by atoms with Gasteiger partial charge in [0, 0.05) is 37.3 Å². The Hall–Kier alpha value is -1.63. The number of rotatable bonds is 3. The van der Waals surface area contributed by atoms with E-state index in [1.165, 1.54) is 32.1 Å². The lowest BCUT2D eigenvalue weighted by molar-refractivity contribution is 0.444. The Labute approximate surface area is 175 Å². The summed E-state index contributed by atoms with van der Waals surface area (Å²) in [7, 11) is 0. The molecule has 1 aromatic heterocycles. The Bertz CT molecular complexity index is 686. The maximum Gasteiger partial charge on any atom is 0.232 e. The smallest absolute Gasteiger partial charge is 0.232 e. The Morgan fingerprint density at radius 2 is 1.82 bits per heavy atom. The van der Waals surface area contributed by atoms with Crippen molar-refractivity contribution in [1.29, 1.82) is 0 Å². The molecule has 3 heterocycles. The molecule has 0 amide bonds. The molecule has 2 saturated heterocycles. The van der Waals surface area contributed by atoms with Crippen molar-refractivity contribution in [2.75, 3.05) is 34.8 Å². The molecule has 2 aliphatic heterocycles. The van der Waals surface area contributed by atoms with E-state index in [4.69, 9.17) is 22.2 Å². The van der Waals surface area contributed by atoms with E-state index in [0.29, 0.717) is 23.0 Å². The molecule has 2 aliphatic rings. The zero-order valence-corrected chi connectivity index (χ0v) is 18.9. The number of hydrogen-bond donors (Lipinski definition) is 2. The third-order valence-corrected chi connectivity index (χ3v) is 5.70. The molecule has 28 heavy (non-hydrogen) atoms. The van der Waals surface area contributed by atoms with Gasteiger partial charge in [0.05, 0.1) is 0 Å². The molecular weight excluding hydrogens is 368 g/mol. The maximum atomic E-state index is 5.50. The lowest BCUT2D eigenvalue weighted by atomic mass is 10.0. The van der Waals surface area contributed by atoms with Crippen LogP contribution in [-0.2, 0) is 0 Å². The van der Waals surface area contributed by atoms with Crippen LogP contribution >= 0.6 is 12.2 Å². The van der Waals surface area contributed by atoms with E-state index >= 15 is 0 Å². The van der Waals surface area contributed by atoms with Gasteiger partial charge in [0.1, 0.15) is 11.6 Å². The minimum Gasteiger partial charge on any atom is -0.358 e. The SMILES string of the molecule is C[C@@H]1CCCN(c2cc(N3CCCC[C@H]3C)nc(NC(=S)NC(C)(C)C)n2)C1. The number of nitrogens with one attached hydrogen (secondary N) is 2. The molecule has 2 N–H and O–H groups in total. The highest BCUT2D eigenvalue weighted by Crippen LogP contribution is 2.29. The van der Waals surface area contributed by atoms with E-state index in [2.05, 4.69) is 61.1 Å². The number of piperidine rings is 2. The molecule has 2 atom stereocenters. The Balaban J connectivity index is 1.88. The van der Waals surface area contributed by atoms with Crippen molar-refractivity contribution in [3.8, 4) is 0 Å². The first-order valence-electron chi connectivity index (χ1n) is 10.7. The van der Waals surface area contributed by atoms with Crippen LogP contribution in [0.5, 0.6) is 0 Å². The quantitative estimate of drug-likeness (QED) is 0.733. The molecule has 0 saturated carbocycles. The van der Waals surface area contributed by atoms with Crippen molar-refractivity contribution in [2.24, 2.45) is 5.92 Å². The monoisotopic (exact) mass is 404 g/mol. The van der Waals surface area contributed by atoms with Gasteiger partial charge in [0.2, 0.25) is 5.95 Å². The average Bonchev–Trinajstić information content (AvgIpc) is 2.60. The fourth-order valence-corrected chi connectivity index (χ4v) is 4.49. The summed E-state index contributed by atoms with van der Waals surface area (Å²) in [6.07, 6.45) is 6.24. The summed E-state index contributed by atoms with van der Waals surface area (Å²) < 4.78 is 0. The van der Waals surface area contributed by atoms with Crippen LogP contribution in [0, 0.1) is 5.92 Å². The highest BCUT2D eigenvalue weighted by molar-refractivity contribution is 7.80. The van der Waals surface area contributed by atoms with Crippen LogP contribution in [0.25, 0.3) is 0 Å². The maximum absolute atomic E-state index is 5.50. The summed E-state index contributed by atoms with van der Waals surface area (Å²) in [4.78, 5) is 14.5. The van der Waals surface area contributed by atoms with Crippen molar-refractivity contribution in [3.05, 3.63) is 6.07 Å². The van der Waals surface area contributed by atoms with Crippen molar-refractivity contribution >= 4 is 34.9 Å². The van der Waals surface area contributed by atoms with E-state index < -0.39 is 0 Å². The second kappa shape index (κ2) is 8.80. The number of hydrogen-bond acceptors (Lipinski definition) is 5. The van der Waals surface area contributed by atoms with Crippen LogP contribution in [0.1, 0.15) is 66.7 Å². The van der Waals surface area contributed by atoms with Crippen LogP contribution in [0.15, 0.2) is 6.07 Å². The minimum absolute atomic E-state index is 0.103. The van der Waals surface area contributed by atoms with Gasteiger partial charge in [-0.3, -0.25) is 0 Å². The molecule has 0 radical (unpaired) electrons. The van der Waals surface area contributed by atoms with Crippen LogP contribution in [0.2, 0.25) is 0 Å². The molecular formula is C21H36N6S. The topological polar surface area (TPSA) is 56.3 Å². The van der Waals surface area contributed by atoms with Crippen molar-refractivity contribution in [3.63, 3.8) is 0 Å². The van der Waals surface area contributed by atoms with Gasteiger partial charge in [-0.15, -0.1) is 0 Å². The fourth-order valence-electron chi connectivity index (χ4n) is 4.10. The molecule has 1 aromatic rings. The van der Waals surface area contributed by atoms with E-state index in [0.717, 1.165) is 31.3 Å². The van der Waals surface area contributed by atoms with Gasteiger partial charge < -0.3 is 20.4 Å². The highest BCUT2D eigenvalue weighted by atomic mass is 32.1. The fraction of sp³-hybridized carbons (Fsp3) is 0.762. The van der Waals surface area contributed by atoms with E-state index in [1.54, 1.807) is 0 Å². The molecule has 156 valence electrons. The van der Waals surface area contributed by atoms with Gasteiger partial charge in [-0.05, 0) is 77.9 Å². The lowest BCUT2D eigenvalue weighted by Gasteiger charge is -2.36. The van der Waals surface area contributed by atoms with E-state index in [-0.39, 0.29) is 5.54 Å². The second-order valence-corrected chi connectivity index (χ2v) is 9.88. The van der Waals surface area contributed by atoms with Gasteiger partial charge >= 0.3 is 0 Å². The molecule has 0 aromatic carbocycles. The van der Waals surface area contributed by atoms with Gasteiger partial charge in [-0.2, -0.15) is 9.97 Å². The Morgan fingerprint density at radius 1 is 1.07 bits per heavy atom. The molecule has 0 aliphatic carbocycles. The molecule has 7 heteroatoms. The third-order valence-electron chi connectivity index (χ3n) is 5.49. The lowest BCUT2D eigenvalue weighted by Crippen LogP contribution is -2.43. The van der Waals surface area contributed by atoms with Crippen LogP contribution < -0.4 is 20.4 Å². The standard InChI is InChI=1S/C21H36N6S/c1-15-9-8-11-26(14-15)17-13-18(27-12-7-6-10-16(27)2)23-19(22-17)24-20(28)25-21(3,4)5/h13,15-16H,6-12,14H2,1-5H3,(H2,22,23,24,25,28)/t15-,16-/m1/s1. The van der Waals surface area contributed by atoms with E-state index in [1.807, 2.05) is 0 Å². The zero-order chi connectivity index (χ0) is 20.3. The van der Waals surface area contributed by atoms with Gasteiger partial charge in [0.25, 0.3) is 0 Å². The summed E-state index contributed by atoms with van der Waals surface area (Å²) in [5, 5.41) is 7.09. The first kappa shape index (κ1) is 21.1. The Kier molecular flexibility index (Phi) is 6.63. The van der Waals surface area contributed by atoms with Crippen molar-refractivity contribution in [1.82, 2.24) is 15.3 Å². The van der Waals surface area contributed by atoms with Gasteiger partial charge in [-0.25, -0.2) is 0 Å². The summed E-state index contributed by atoms with van der Waals surface area (Å²) in [6.45, 7) is 14.1. The van der Waals surface area contributed by atoms with Crippen molar-refractivity contribution < 1.29 is 0 Å². The van der Waals surface area contributed by atoms with E-state index in [9.17, 15) is 0 Å². The van der Waals surface area contributed by atoms with Crippen molar-refractivity contribution in [2.45, 2.75) is 78.3 Å². The number of nitrogens with zero attached hydrogens (tertiary/aromatic N) is 4. The molecule has 0 bridgehead atoms. The average molecular weight is 405 g/mol. The molecule has 0 spiro atoms. The van der Waals surface area contributed by atoms with Gasteiger partial charge in [-0.1, -0.05) is 6.92 Å². The first-order valence-corrected chi connectivity index (χ1v) is 11.1. The number of aromatic nitrogens is 2. The van der Waals surface area contributed by atoms with Crippen LogP contribution in [0.4, 0.5) is 17.6 Å². The summed E-state index contributed by atoms with van der Waals surface area (Å²) in [5.41, 5.74) is -0.103. The number of thiocarbonyl (C=S) groups is 1. The zero-order valence-electron chi connectivity index (χ0n) is 18.1. The summed E-state index contributed by atoms with van der Waals surface area (Å²) >= 11 is 5.50. The minimum atomic E-state index is -0.103. The second-order valence-electron chi connectivity index (χ2n) is 9.47. The molecule has 0 unspecified atom stereocenters. The number of anilines is 3. The van der Waals surface area contributed by atoms with Crippen LogP contribution in [0.3, 0.4) is 0 Å².